The summed E-state index contributed by atoms with van der Waals surface area (Å²) in [4.78, 5) is 29.3. The van der Waals surface area contributed by atoms with Crippen LogP contribution in [0.3, 0.4) is 0 Å². The predicted molar refractivity (Wildman–Crippen MR) is 71.9 cm³/mol. The summed E-state index contributed by atoms with van der Waals surface area (Å²) in [5.41, 5.74) is 0. The molecule has 0 aromatic carbocycles. The van der Waals surface area contributed by atoms with Crippen molar-refractivity contribution in [3.63, 3.8) is 0 Å². The van der Waals surface area contributed by atoms with Gasteiger partial charge >= 0.3 is 11.8 Å². The van der Waals surface area contributed by atoms with Crippen molar-refractivity contribution in [3.8, 4) is 0 Å². The fourth-order valence-electron chi connectivity index (χ4n) is 1.83. The number of amides is 2. The van der Waals surface area contributed by atoms with Crippen LogP contribution in [-0.2, 0) is 9.59 Å². The van der Waals surface area contributed by atoms with E-state index in [2.05, 4.69) is 15.6 Å². The summed E-state index contributed by atoms with van der Waals surface area (Å²) < 4.78 is 0. The molecule has 0 saturated carbocycles. The van der Waals surface area contributed by atoms with Crippen LogP contribution in [0.25, 0.3) is 0 Å². The van der Waals surface area contributed by atoms with Gasteiger partial charge in [0.05, 0.1) is 5.02 Å². The molecule has 1 aliphatic rings. The lowest BCUT2D eigenvalue weighted by molar-refractivity contribution is -0.143. The summed E-state index contributed by atoms with van der Waals surface area (Å²) in [6.07, 6.45) is 2.34. The van der Waals surface area contributed by atoms with Gasteiger partial charge in [-0.15, -0.1) is 0 Å². The first kappa shape index (κ1) is 13.8. The second-order valence-electron chi connectivity index (χ2n) is 4.18. The smallest absolute Gasteiger partial charge is 0.315 e. The second-order valence-corrected chi connectivity index (χ2v) is 4.59. The first-order valence-electron chi connectivity index (χ1n) is 6.10. The summed E-state index contributed by atoms with van der Waals surface area (Å²) in [6, 6.07) is 3.25. The van der Waals surface area contributed by atoms with Crippen LogP contribution in [0, 0.1) is 0 Å². The maximum Gasteiger partial charge on any atom is 0.315 e. The van der Waals surface area contributed by atoms with E-state index >= 15 is 0 Å². The number of hydrogen-bond donors (Lipinski definition) is 2. The molecule has 7 heteroatoms. The zero-order valence-corrected chi connectivity index (χ0v) is 11.1. The van der Waals surface area contributed by atoms with Crippen LogP contribution >= 0.6 is 11.6 Å². The zero-order valence-electron chi connectivity index (χ0n) is 10.4. The van der Waals surface area contributed by atoms with Gasteiger partial charge in [-0.3, -0.25) is 9.59 Å². The average molecular weight is 283 g/mol. The van der Waals surface area contributed by atoms with Crippen LogP contribution in [-0.4, -0.2) is 47.9 Å². The molecular weight excluding hydrogens is 268 g/mol. The molecule has 2 rings (SSSR count). The highest BCUT2D eigenvalue weighted by atomic mass is 35.5. The van der Waals surface area contributed by atoms with E-state index in [0.29, 0.717) is 24.7 Å². The Labute approximate surface area is 116 Å². The number of aromatic nitrogens is 1. The van der Waals surface area contributed by atoms with Crippen LogP contribution in [0.4, 0.5) is 5.82 Å². The molecule has 1 aromatic heterocycles. The molecule has 2 heterocycles. The maximum atomic E-state index is 12.0. The molecule has 0 unspecified atom stereocenters. The Hall–Kier alpha value is -1.66. The molecule has 102 valence electrons. The van der Waals surface area contributed by atoms with E-state index in [9.17, 15) is 9.59 Å². The first-order valence-corrected chi connectivity index (χ1v) is 6.48. The fraction of sp³-hybridized carbons (Fsp3) is 0.417. The molecule has 1 aliphatic heterocycles. The average Bonchev–Trinajstić information content (AvgIpc) is 2.69. The summed E-state index contributed by atoms with van der Waals surface area (Å²) in [6.45, 7) is 2.66. The number of rotatable bonds is 1. The maximum absolute atomic E-state index is 12.0. The molecule has 6 nitrogen and oxygen atoms in total. The van der Waals surface area contributed by atoms with Crippen LogP contribution in [0.1, 0.15) is 6.42 Å². The summed E-state index contributed by atoms with van der Waals surface area (Å²) in [7, 11) is 0. The third-order valence-electron chi connectivity index (χ3n) is 2.81. The SMILES string of the molecule is O=C(Nc1ncccc1Cl)C(=O)N1CCCNCC1. The number of nitrogens with zero attached hydrogens (tertiary/aromatic N) is 2. The normalized spacial score (nSPS) is 15.7. The number of hydrogen-bond acceptors (Lipinski definition) is 4. The molecule has 1 aromatic rings. The second kappa shape index (κ2) is 6.49. The van der Waals surface area contributed by atoms with Gasteiger partial charge in [0.25, 0.3) is 0 Å². The van der Waals surface area contributed by atoms with Gasteiger partial charge in [0, 0.05) is 25.8 Å². The number of carbonyl (C=O) groups is 2. The molecule has 0 aliphatic carbocycles. The number of carbonyl (C=O) groups excluding carboxylic acids is 2. The first-order chi connectivity index (χ1) is 9.18. The Balaban J connectivity index is 1.99. The van der Waals surface area contributed by atoms with Crippen molar-refractivity contribution >= 4 is 29.2 Å². The van der Waals surface area contributed by atoms with Gasteiger partial charge in [-0.05, 0) is 25.1 Å². The lowest BCUT2D eigenvalue weighted by atomic mass is 10.3. The molecule has 19 heavy (non-hydrogen) atoms. The zero-order chi connectivity index (χ0) is 13.7. The van der Waals surface area contributed by atoms with Gasteiger partial charge in [-0.25, -0.2) is 4.98 Å². The fourth-order valence-corrected chi connectivity index (χ4v) is 2.00. The van der Waals surface area contributed by atoms with Gasteiger partial charge in [0.2, 0.25) is 0 Å². The Morgan fingerprint density at radius 2 is 2.21 bits per heavy atom. The van der Waals surface area contributed by atoms with Crippen molar-refractivity contribution in [2.24, 2.45) is 0 Å². The van der Waals surface area contributed by atoms with Crippen molar-refractivity contribution in [3.05, 3.63) is 23.4 Å². The van der Waals surface area contributed by atoms with Crippen molar-refractivity contribution in [2.75, 3.05) is 31.5 Å². The molecule has 0 radical (unpaired) electrons. The Bertz CT molecular complexity index is 473. The van der Waals surface area contributed by atoms with Crippen molar-refractivity contribution in [2.45, 2.75) is 6.42 Å². The summed E-state index contributed by atoms with van der Waals surface area (Å²) >= 11 is 5.87. The van der Waals surface area contributed by atoms with Crippen LogP contribution in [0.15, 0.2) is 18.3 Å². The number of anilines is 1. The predicted octanol–water partition coefficient (Wildman–Crippen LogP) is 0.495. The van der Waals surface area contributed by atoms with Gasteiger partial charge in [0.1, 0.15) is 0 Å². The van der Waals surface area contributed by atoms with Gasteiger partial charge in [-0.2, -0.15) is 0 Å². The Kier molecular flexibility index (Phi) is 4.70. The van der Waals surface area contributed by atoms with E-state index in [-0.39, 0.29) is 5.82 Å². The molecule has 0 bridgehead atoms. The standard InChI is InChI=1S/C12H15ClN4O2/c13-9-3-1-5-15-10(9)16-11(18)12(19)17-7-2-4-14-6-8-17/h1,3,5,14H,2,4,6-8H2,(H,15,16,18). The quantitative estimate of drug-likeness (QED) is 0.736. The van der Waals surface area contributed by atoms with Crippen molar-refractivity contribution in [1.29, 1.82) is 0 Å². The molecular formula is C12H15ClN4O2. The molecule has 1 saturated heterocycles. The third kappa shape index (κ3) is 3.65. The minimum atomic E-state index is -0.706. The number of pyridine rings is 1. The number of halogens is 1. The molecule has 2 amide bonds. The monoisotopic (exact) mass is 282 g/mol. The van der Waals surface area contributed by atoms with Crippen LogP contribution in [0.2, 0.25) is 5.02 Å². The van der Waals surface area contributed by atoms with E-state index in [1.807, 2.05) is 0 Å². The van der Waals surface area contributed by atoms with Crippen LogP contribution < -0.4 is 10.6 Å². The van der Waals surface area contributed by atoms with Gasteiger partial charge < -0.3 is 15.5 Å². The molecule has 1 fully saturated rings. The summed E-state index contributed by atoms with van der Waals surface area (Å²) in [5, 5.41) is 5.91. The van der Waals surface area contributed by atoms with Crippen molar-refractivity contribution < 1.29 is 9.59 Å². The minimum absolute atomic E-state index is 0.204. The van der Waals surface area contributed by atoms with E-state index in [4.69, 9.17) is 11.6 Å². The van der Waals surface area contributed by atoms with Gasteiger partial charge in [-0.1, -0.05) is 11.6 Å². The van der Waals surface area contributed by atoms with E-state index in [1.165, 1.54) is 11.1 Å². The summed E-state index contributed by atoms with van der Waals surface area (Å²) in [5.74, 6) is -1.05. The highest BCUT2D eigenvalue weighted by molar-refractivity contribution is 6.41. The molecule has 0 atom stereocenters. The largest absolute Gasteiger partial charge is 0.333 e. The highest BCUT2D eigenvalue weighted by Gasteiger charge is 2.23. The topological polar surface area (TPSA) is 74.3 Å². The third-order valence-corrected chi connectivity index (χ3v) is 3.12. The molecule has 2 N–H and O–H groups in total. The Morgan fingerprint density at radius 1 is 1.37 bits per heavy atom. The van der Waals surface area contributed by atoms with E-state index < -0.39 is 11.8 Å². The minimum Gasteiger partial charge on any atom is -0.333 e. The molecule has 0 spiro atoms. The van der Waals surface area contributed by atoms with E-state index in [1.54, 1.807) is 12.1 Å². The van der Waals surface area contributed by atoms with Gasteiger partial charge in [0.15, 0.2) is 5.82 Å². The van der Waals surface area contributed by atoms with Crippen LogP contribution in [0.5, 0.6) is 0 Å². The number of nitrogens with one attached hydrogen (secondary N) is 2. The lowest BCUT2D eigenvalue weighted by Gasteiger charge is -2.19. The Morgan fingerprint density at radius 3 is 3.00 bits per heavy atom. The lowest BCUT2D eigenvalue weighted by Crippen LogP contribution is -2.41. The highest BCUT2D eigenvalue weighted by Crippen LogP contribution is 2.17. The van der Waals surface area contributed by atoms with Crippen molar-refractivity contribution in [1.82, 2.24) is 15.2 Å². The van der Waals surface area contributed by atoms with E-state index in [0.717, 1.165) is 13.0 Å².